The standard InChI is InChI=1S/C24H21F2N3O/c1-13-10-11-27-19(12-13)29-23(17-8-4-14(2)20(25)21(17)26)18-9-7-16-6-5-15(3)28-22(16)24(18)30/h4-12,23,30H,1-3H3,(H,27,29). The van der Waals surface area contributed by atoms with Crippen LogP contribution in [0.3, 0.4) is 0 Å². The quantitative estimate of drug-likeness (QED) is 0.455. The van der Waals surface area contributed by atoms with Gasteiger partial charge in [0.2, 0.25) is 0 Å². The zero-order valence-corrected chi connectivity index (χ0v) is 16.9. The molecule has 1 atom stereocenters. The summed E-state index contributed by atoms with van der Waals surface area (Å²) in [5.41, 5.74) is 2.78. The van der Waals surface area contributed by atoms with E-state index >= 15 is 0 Å². The lowest BCUT2D eigenvalue weighted by Gasteiger charge is -2.23. The van der Waals surface area contributed by atoms with Crippen LogP contribution in [0.4, 0.5) is 14.6 Å². The number of halogens is 2. The number of rotatable bonds is 4. The van der Waals surface area contributed by atoms with Gasteiger partial charge in [0, 0.05) is 28.4 Å². The van der Waals surface area contributed by atoms with Crippen molar-refractivity contribution in [2.75, 3.05) is 5.32 Å². The second kappa shape index (κ2) is 7.71. The number of phenolic OH excluding ortho intramolecular Hbond substituents is 1. The first kappa shape index (κ1) is 19.8. The SMILES string of the molecule is Cc1ccnc(NC(c2ccc(C)c(F)c2F)c2ccc3ccc(C)nc3c2O)c1. The van der Waals surface area contributed by atoms with Crippen molar-refractivity contribution < 1.29 is 13.9 Å². The summed E-state index contributed by atoms with van der Waals surface area (Å²) in [7, 11) is 0. The smallest absolute Gasteiger partial charge is 0.164 e. The van der Waals surface area contributed by atoms with Gasteiger partial charge in [0.05, 0.1) is 6.04 Å². The van der Waals surface area contributed by atoms with E-state index in [-0.39, 0.29) is 16.9 Å². The lowest BCUT2D eigenvalue weighted by Crippen LogP contribution is -2.16. The van der Waals surface area contributed by atoms with Crippen molar-refractivity contribution in [1.29, 1.82) is 0 Å². The highest BCUT2D eigenvalue weighted by Gasteiger charge is 2.25. The Morgan fingerprint density at radius 2 is 1.63 bits per heavy atom. The number of aromatic hydroxyl groups is 1. The van der Waals surface area contributed by atoms with Crippen LogP contribution >= 0.6 is 0 Å². The molecule has 2 aromatic heterocycles. The third kappa shape index (κ3) is 3.56. The molecule has 6 heteroatoms. The number of benzene rings is 2. The van der Waals surface area contributed by atoms with Crippen LogP contribution in [0.15, 0.2) is 54.7 Å². The van der Waals surface area contributed by atoms with E-state index in [1.165, 1.54) is 19.1 Å². The fourth-order valence-electron chi connectivity index (χ4n) is 3.49. The summed E-state index contributed by atoms with van der Waals surface area (Å²) >= 11 is 0. The molecule has 2 heterocycles. The Bertz CT molecular complexity index is 1260. The normalized spacial score (nSPS) is 12.2. The second-order valence-corrected chi connectivity index (χ2v) is 7.42. The van der Waals surface area contributed by atoms with E-state index in [2.05, 4.69) is 15.3 Å². The summed E-state index contributed by atoms with van der Waals surface area (Å²) in [5, 5.41) is 14.9. The van der Waals surface area contributed by atoms with Gasteiger partial charge in [-0.05, 0) is 50.1 Å². The molecule has 0 radical (unpaired) electrons. The largest absolute Gasteiger partial charge is 0.505 e. The van der Waals surface area contributed by atoms with Crippen molar-refractivity contribution >= 4 is 16.7 Å². The highest BCUT2D eigenvalue weighted by atomic mass is 19.2. The Kier molecular flexibility index (Phi) is 5.08. The highest BCUT2D eigenvalue weighted by molar-refractivity contribution is 5.86. The Labute approximate surface area is 173 Å². The minimum Gasteiger partial charge on any atom is -0.505 e. The van der Waals surface area contributed by atoms with Crippen LogP contribution in [0, 0.1) is 32.4 Å². The Balaban J connectivity index is 1.93. The molecule has 0 saturated carbocycles. The molecule has 0 aliphatic rings. The molecule has 152 valence electrons. The third-order valence-electron chi connectivity index (χ3n) is 5.14. The molecule has 0 spiro atoms. The average Bonchev–Trinajstić information content (AvgIpc) is 2.72. The van der Waals surface area contributed by atoms with Crippen LogP contribution in [0.1, 0.15) is 34.0 Å². The Hall–Kier alpha value is -3.54. The summed E-state index contributed by atoms with van der Waals surface area (Å²) in [6, 6.07) is 13.0. The molecule has 1 unspecified atom stereocenters. The number of aryl methyl sites for hydroxylation is 3. The first-order chi connectivity index (χ1) is 14.3. The van der Waals surface area contributed by atoms with Gasteiger partial charge >= 0.3 is 0 Å². The van der Waals surface area contributed by atoms with E-state index in [1.807, 2.05) is 32.0 Å². The van der Waals surface area contributed by atoms with Crippen molar-refractivity contribution in [3.63, 3.8) is 0 Å². The molecule has 4 nitrogen and oxygen atoms in total. The predicted molar refractivity (Wildman–Crippen MR) is 114 cm³/mol. The number of aromatic nitrogens is 2. The first-order valence-electron chi connectivity index (χ1n) is 9.58. The topological polar surface area (TPSA) is 58.0 Å². The van der Waals surface area contributed by atoms with Gasteiger partial charge in [-0.2, -0.15) is 0 Å². The zero-order chi connectivity index (χ0) is 21.4. The van der Waals surface area contributed by atoms with Gasteiger partial charge in [-0.3, -0.25) is 0 Å². The maximum absolute atomic E-state index is 15.0. The molecule has 0 aliphatic carbocycles. The Morgan fingerprint density at radius 3 is 2.40 bits per heavy atom. The van der Waals surface area contributed by atoms with E-state index in [4.69, 9.17) is 0 Å². The maximum atomic E-state index is 15.0. The van der Waals surface area contributed by atoms with Crippen molar-refractivity contribution in [2.45, 2.75) is 26.8 Å². The van der Waals surface area contributed by atoms with Gasteiger partial charge in [0.25, 0.3) is 0 Å². The number of hydrogen-bond donors (Lipinski definition) is 2. The number of hydrogen-bond acceptors (Lipinski definition) is 4. The highest BCUT2D eigenvalue weighted by Crippen LogP contribution is 2.38. The summed E-state index contributed by atoms with van der Waals surface area (Å²) in [6.07, 6.45) is 1.63. The molecule has 2 N–H and O–H groups in total. The molecular weight excluding hydrogens is 384 g/mol. The van der Waals surface area contributed by atoms with Crippen LogP contribution in [0.25, 0.3) is 10.9 Å². The average molecular weight is 405 g/mol. The van der Waals surface area contributed by atoms with Crippen LogP contribution in [-0.2, 0) is 0 Å². The molecule has 0 fully saturated rings. The predicted octanol–water partition coefficient (Wildman–Crippen LogP) is 5.74. The summed E-state index contributed by atoms with van der Waals surface area (Å²) in [5.74, 6) is -1.47. The molecule has 4 rings (SSSR count). The molecule has 0 aliphatic heterocycles. The zero-order valence-electron chi connectivity index (χ0n) is 16.9. The van der Waals surface area contributed by atoms with E-state index in [0.29, 0.717) is 16.9 Å². The fourth-order valence-corrected chi connectivity index (χ4v) is 3.49. The number of nitrogens with zero attached hydrogens (tertiary/aromatic N) is 2. The third-order valence-corrected chi connectivity index (χ3v) is 5.14. The van der Waals surface area contributed by atoms with Gasteiger partial charge in [-0.15, -0.1) is 0 Å². The van der Waals surface area contributed by atoms with Gasteiger partial charge in [0.1, 0.15) is 17.1 Å². The molecule has 2 aromatic carbocycles. The van der Waals surface area contributed by atoms with E-state index in [0.717, 1.165) is 16.6 Å². The Morgan fingerprint density at radius 1 is 0.900 bits per heavy atom. The lowest BCUT2D eigenvalue weighted by molar-refractivity contribution is 0.467. The second-order valence-electron chi connectivity index (χ2n) is 7.42. The number of phenols is 1. The van der Waals surface area contributed by atoms with Crippen LogP contribution < -0.4 is 5.32 Å². The minimum absolute atomic E-state index is 0.0729. The number of fused-ring (bicyclic) bond motifs is 1. The first-order valence-corrected chi connectivity index (χ1v) is 9.58. The van der Waals surface area contributed by atoms with E-state index in [9.17, 15) is 13.9 Å². The number of anilines is 1. The summed E-state index contributed by atoms with van der Waals surface area (Å²) < 4.78 is 29.3. The molecule has 0 amide bonds. The lowest BCUT2D eigenvalue weighted by atomic mass is 9.94. The van der Waals surface area contributed by atoms with Crippen LogP contribution in [0.5, 0.6) is 5.75 Å². The molecule has 30 heavy (non-hydrogen) atoms. The van der Waals surface area contributed by atoms with Gasteiger partial charge in [0.15, 0.2) is 11.6 Å². The van der Waals surface area contributed by atoms with E-state index < -0.39 is 17.7 Å². The fraction of sp³-hybridized carbons (Fsp3) is 0.167. The number of pyridine rings is 2. The van der Waals surface area contributed by atoms with Crippen molar-refractivity contribution in [1.82, 2.24) is 9.97 Å². The number of nitrogens with one attached hydrogen (secondary N) is 1. The summed E-state index contributed by atoms with van der Waals surface area (Å²) in [4.78, 5) is 8.71. The molecular formula is C24H21F2N3O. The van der Waals surface area contributed by atoms with Crippen molar-refractivity contribution in [3.8, 4) is 5.75 Å². The van der Waals surface area contributed by atoms with Crippen molar-refractivity contribution in [2.24, 2.45) is 0 Å². The molecule has 0 saturated heterocycles. The van der Waals surface area contributed by atoms with Gasteiger partial charge < -0.3 is 10.4 Å². The maximum Gasteiger partial charge on any atom is 0.164 e. The van der Waals surface area contributed by atoms with E-state index in [1.54, 1.807) is 24.4 Å². The monoisotopic (exact) mass is 405 g/mol. The molecule has 0 bridgehead atoms. The summed E-state index contributed by atoms with van der Waals surface area (Å²) in [6.45, 7) is 5.24. The van der Waals surface area contributed by atoms with Crippen molar-refractivity contribution in [3.05, 3.63) is 94.3 Å². The van der Waals surface area contributed by atoms with Gasteiger partial charge in [-0.1, -0.05) is 30.3 Å². The molecule has 4 aromatic rings. The van der Waals surface area contributed by atoms with Gasteiger partial charge in [-0.25, -0.2) is 18.7 Å². The van der Waals surface area contributed by atoms with Crippen LogP contribution in [0.2, 0.25) is 0 Å². The minimum atomic E-state index is -0.961. The van der Waals surface area contributed by atoms with Crippen LogP contribution in [-0.4, -0.2) is 15.1 Å².